The first-order valence-electron chi connectivity index (χ1n) is 7.34. The number of hydrogen-bond acceptors (Lipinski definition) is 5. The van der Waals surface area contributed by atoms with Crippen molar-refractivity contribution < 1.29 is 13.2 Å². The van der Waals surface area contributed by atoms with Gasteiger partial charge in [0.15, 0.2) is 0 Å². The van der Waals surface area contributed by atoms with Gasteiger partial charge >= 0.3 is 0 Å². The zero-order valence-electron chi connectivity index (χ0n) is 13.3. The molecule has 3 heterocycles. The molecule has 2 aromatic heterocycles. The van der Waals surface area contributed by atoms with E-state index < -0.39 is 10.0 Å². The highest BCUT2D eigenvalue weighted by Crippen LogP contribution is 2.24. The van der Waals surface area contributed by atoms with Gasteiger partial charge in [0.05, 0.1) is 11.3 Å². The highest BCUT2D eigenvalue weighted by molar-refractivity contribution is 7.91. The van der Waals surface area contributed by atoms with Crippen LogP contribution in [0.1, 0.15) is 16.1 Å². The fourth-order valence-electron chi connectivity index (χ4n) is 2.70. The van der Waals surface area contributed by atoms with E-state index in [9.17, 15) is 13.2 Å². The number of rotatable bonds is 3. The van der Waals surface area contributed by atoms with Crippen LogP contribution < -0.4 is 0 Å². The van der Waals surface area contributed by atoms with E-state index in [2.05, 4.69) is 5.10 Å². The summed E-state index contributed by atoms with van der Waals surface area (Å²) in [6, 6.07) is 3.31. The fraction of sp³-hybridized carbons (Fsp3) is 0.429. The normalized spacial score (nSPS) is 16.5. The summed E-state index contributed by atoms with van der Waals surface area (Å²) in [7, 11) is -1.80. The van der Waals surface area contributed by atoms with Crippen LogP contribution in [0.25, 0.3) is 0 Å². The smallest absolute Gasteiger partial charge is 0.258 e. The molecule has 0 atom stereocenters. The van der Waals surface area contributed by atoms with Gasteiger partial charge < -0.3 is 4.90 Å². The van der Waals surface area contributed by atoms with Crippen LogP contribution in [0.3, 0.4) is 0 Å². The topological polar surface area (TPSA) is 75.5 Å². The molecule has 0 aromatic carbocycles. The van der Waals surface area contributed by atoms with Crippen LogP contribution in [-0.4, -0.2) is 59.5 Å². The van der Waals surface area contributed by atoms with Gasteiger partial charge in [0, 0.05) is 33.2 Å². The van der Waals surface area contributed by atoms with Crippen molar-refractivity contribution in [3.8, 4) is 0 Å². The van der Waals surface area contributed by atoms with Crippen LogP contribution in [0.5, 0.6) is 0 Å². The molecule has 0 N–H and O–H groups in total. The summed E-state index contributed by atoms with van der Waals surface area (Å²) < 4.78 is 28.2. The third-order valence-electron chi connectivity index (χ3n) is 3.98. The first kappa shape index (κ1) is 17.4. The van der Waals surface area contributed by atoms with Crippen LogP contribution in [0.4, 0.5) is 0 Å². The van der Waals surface area contributed by atoms with Crippen molar-refractivity contribution in [2.45, 2.75) is 11.1 Å². The summed E-state index contributed by atoms with van der Waals surface area (Å²) in [5.74, 6) is -0.209. The molecule has 1 saturated heterocycles. The lowest BCUT2D eigenvalue weighted by Crippen LogP contribution is -2.50. The minimum Gasteiger partial charge on any atom is -0.336 e. The summed E-state index contributed by atoms with van der Waals surface area (Å²) in [4.78, 5) is 14.3. The first-order chi connectivity index (χ1) is 11.3. The maximum atomic E-state index is 12.7. The monoisotopic (exact) mass is 388 g/mol. The molecule has 1 fully saturated rings. The number of aromatic nitrogens is 2. The number of piperazine rings is 1. The van der Waals surface area contributed by atoms with Crippen molar-refractivity contribution in [3.63, 3.8) is 0 Å². The van der Waals surface area contributed by atoms with Gasteiger partial charge in [-0.05, 0) is 18.4 Å². The van der Waals surface area contributed by atoms with E-state index in [1.807, 2.05) is 0 Å². The Morgan fingerprint density at radius 2 is 1.96 bits per heavy atom. The molecule has 24 heavy (non-hydrogen) atoms. The van der Waals surface area contributed by atoms with Gasteiger partial charge in [-0.25, -0.2) is 8.42 Å². The summed E-state index contributed by atoms with van der Waals surface area (Å²) in [6.07, 6.45) is 0. The number of carbonyl (C=O) groups is 1. The van der Waals surface area contributed by atoms with Gasteiger partial charge in [-0.2, -0.15) is 9.40 Å². The average Bonchev–Trinajstić information content (AvgIpc) is 3.17. The van der Waals surface area contributed by atoms with Crippen molar-refractivity contribution in [1.82, 2.24) is 19.0 Å². The van der Waals surface area contributed by atoms with Crippen molar-refractivity contribution >= 4 is 38.9 Å². The highest BCUT2D eigenvalue weighted by Gasteiger charge is 2.32. The predicted molar refractivity (Wildman–Crippen MR) is 91.9 cm³/mol. The number of nitrogens with zero attached hydrogens (tertiary/aromatic N) is 4. The summed E-state index contributed by atoms with van der Waals surface area (Å²) in [6.45, 7) is 2.92. The molecule has 0 unspecified atom stereocenters. The number of aryl methyl sites for hydroxylation is 2. The zero-order valence-corrected chi connectivity index (χ0v) is 15.7. The van der Waals surface area contributed by atoms with Crippen molar-refractivity contribution in [2.24, 2.45) is 7.05 Å². The second-order valence-electron chi connectivity index (χ2n) is 5.50. The van der Waals surface area contributed by atoms with E-state index in [-0.39, 0.29) is 19.0 Å². The fourth-order valence-corrected chi connectivity index (χ4v) is 5.52. The minimum absolute atomic E-state index is 0.209. The molecule has 1 amide bonds. The second kappa shape index (κ2) is 6.47. The molecule has 0 spiro atoms. The van der Waals surface area contributed by atoms with E-state index >= 15 is 0 Å². The van der Waals surface area contributed by atoms with Crippen molar-refractivity contribution in [3.05, 3.63) is 33.9 Å². The first-order valence-corrected chi connectivity index (χ1v) is 10.0. The Kier molecular flexibility index (Phi) is 4.69. The largest absolute Gasteiger partial charge is 0.336 e. The maximum absolute atomic E-state index is 12.7. The van der Waals surface area contributed by atoms with E-state index in [0.717, 1.165) is 0 Å². The van der Waals surface area contributed by atoms with E-state index in [1.165, 1.54) is 20.3 Å². The minimum atomic E-state index is -3.47. The summed E-state index contributed by atoms with van der Waals surface area (Å²) in [5, 5.41) is 6.18. The maximum Gasteiger partial charge on any atom is 0.258 e. The Hall–Kier alpha value is -1.42. The number of halogens is 1. The molecular weight excluding hydrogens is 372 g/mol. The molecule has 130 valence electrons. The Labute approximate surface area is 149 Å². The number of thiophene rings is 1. The molecule has 1 aliphatic rings. The number of hydrogen-bond donors (Lipinski definition) is 0. The molecule has 3 rings (SSSR count). The Morgan fingerprint density at radius 1 is 1.29 bits per heavy atom. The van der Waals surface area contributed by atoms with Gasteiger partial charge in [-0.1, -0.05) is 17.7 Å². The third kappa shape index (κ3) is 2.97. The zero-order chi connectivity index (χ0) is 17.5. The van der Waals surface area contributed by atoms with Gasteiger partial charge in [0.25, 0.3) is 15.9 Å². The Morgan fingerprint density at radius 3 is 2.46 bits per heavy atom. The van der Waals surface area contributed by atoms with E-state index in [0.29, 0.717) is 33.7 Å². The van der Waals surface area contributed by atoms with Gasteiger partial charge in [-0.3, -0.25) is 9.48 Å². The standard InChI is InChI=1S/C14H17ClN4O3S2/c1-10-12(13(15)17(2)16-10)14(20)18-5-7-19(8-6-18)24(21,22)11-4-3-9-23-11/h3-4,9H,5-8H2,1-2H3. The van der Waals surface area contributed by atoms with Crippen molar-refractivity contribution in [1.29, 1.82) is 0 Å². The molecule has 1 aliphatic heterocycles. The van der Waals surface area contributed by atoms with Gasteiger partial charge in [0.2, 0.25) is 0 Å². The van der Waals surface area contributed by atoms with E-state index in [1.54, 1.807) is 36.4 Å². The quantitative estimate of drug-likeness (QED) is 0.800. The summed E-state index contributed by atoms with van der Waals surface area (Å²) in [5.41, 5.74) is 0.954. The van der Waals surface area contributed by atoms with Crippen molar-refractivity contribution in [2.75, 3.05) is 26.2 Å². The Balaban J connectivity index is 1.72. The molecule has 0 bridgehead atoms. The lowest BCUT2D eigenvalue weighted by molar-refractivity contribution is 0.0697. The van der Waals surface area contributed by atoms with Gasteiger partial charge in [-0.15, -0.1) is 11.3 Å². The molecule has 0 aliphatic carbocycles. The highest BCUT2D eigenvalue weighted by atomic mass is 35.5. The molecule has 0 saturated carbocycles. The third-order valence-corrected chi connectivity index (χ3v) is 7.69. The van der Waals surface area contributed by atoms with Crippen LogP contribution in [0.15, 0.2) is 21.7 Å². The van der Waals surface area contributed by atoms with Crippen LogP contribution in [0.2, 0.25) is 5.15 Å². The van der Waals surface area contributed by atoms with Crippen LogP contribution in [-0.2, 0) is 17.1 Å². The number of carbonyl (C=O) groups excluding carboxylic acids is 1. The number of amides is 1. The van der Waals surface area contributed by atoms with Crippen LogP contribution >= 0.6 is 22.9 Å². The Bertz CT molecular complexity index is 853. The number of sulfonamides is 1. The molecular formula is C14H17ClN4O3S2. The predicted octanol–water partition coefficient (Wildman–Crippen LogP) is 1.59. The van der Waals surface area contributed by atoms with E-state index in [4.69, 9.17) is 11.6 Å². The SMILES string of the molecule is Cc1nn(C)c(Cl)c1C(=O)N1CCN(S(=O)(=O)c2cccs2)CC1. The molecule has 10 heteroatoms. The molecule has 0 radical (unpaired) electrons. The lowest BCUT2D eigenvalue weighted by Gasteiger charge is -2.33. The van der Waals surface area contributed by atoms with Crippen LogP contribution in [0, 0.1) is 6.92 Å². The average molecular weight is 389 g/mol. The molecule has 7 nitrogen and oxygen atoms in total. The van der Waals surface area contributed by atoms with Gasteiger partial charge in [0.1, 0.15) is 9.36 Å². The molecule has 2 aromatic rings. The lowest BCUT2D eigenvalue weighted by atomic mass is 10.2. The second-order valence-corrected chi connectivity index (χ2v) is 8.97. The summed E-state index contributed by atoms with van der Waals surface area (Å²) >= 11 is 7.34.